The van der Waals surface area contributed by atoms with E-state index in [0.717, 1.165) is 10.8 Å². The zero-order valence-corrected chi connectivity index (χ0v) is 15.1. The molecule has 4 nitrogen and oxygen atoms in total. The minimum absolute atomic E-state index is 0.0416. The molecule has 3 aromatic carbocycles. The predicted octanol–water partition coefficient (Wildman–Crippen LogP) is 4.40. The maximum atomic E-state index is 13.3. The van der Waals surface area contributed by atoms with Crippen LogP contribution in [0.25, 0.3) is 10.8 Å². The van der Waals surface area contributed by atoms with Crippen LogP contribution in [-0.4, -0.2) is 20.1 Å². The molecule has 1 N–H and O–H groups in total. The topological polar surface area (TPSA) is 57.6 Å². The fourth-order valence-electron chi connectivity index (χ4n) is 2.78. The molecule has 0 amide bonds. The van der Waals surface area contributed by atoms with Crippen LogP contribution in [0.15, 0.2) is 71.6 Å². The van der Waals surface area contributed by atoms with Crippen LogP contribution in [0.2, 0.25) is 0 Å². The number of anilines is 1. The van der Waals surface area contributed by atoms with Crippen molar-refractivity contribution in [2.24, 2.45) is 5.92 Å². The Morgan fingerprint density at radius 2 is 1.64 bits per heavy atom. The van der Waals surface area contributed by atoms with Crippen LogP contribution in [0.4, 0.5) is 5.69 Å². The van der Waals surface area contributed by atoms with Gasteiger partial charge in [0.25, 0.3) is 10.0 Å². The number of benzene rings is 3. The van der Waals surface area contributed by atoms with Crippen LogP contribution >= 0.6 is 0 Å². The maximum absolute atomic E-state index is 13.3. The fourth-order valence-corrected chi connectivity index (χ4v) is 4.43. The minimum Gasteiger partial charge on any atom is -0.508 e. The summed E-state index contributed by atoms with van der Waals surface area (Å²) in [5.74, 6) is 0.178. The molecule has 0 saturated heterocycles. The van der Waals surface area contributed by atoms with Gasteiger partial charge in [0.15, 0.2) is 0 Å². The lowest BCUT2D eigenvalue weighted by Crippen LogP contribution is -2.34. The third-order valence-electron chi connectivity index (χ3n) is 3.96. The van der Waals surface area contributed by atoms with Crippen molar-refractivity contribution >= 4 is 26.5 Å². The van der Waals surface area contributed by atoms with Gasteiger partial charge in [0.05, 0.1) is 10.6 Å². The van der Waals surface area contributed by atoms with Gasteiger partial charge in [-0.05, 0) is 41.0 Å². The van der Waals surface area contributed by atoms with Crippen molar-refractivity contribution in [3.63, 3.8) is 0 Å². The van der Waals surface area contributed by atoms with E-state index >= 15 is 0 Å². The van der Waals surface area contributed by atoms with Gasteiger partial charge in [-0.15, -0.1) is 0 Å². The summed E-state index contributed by atoms with van der Waals surface area (Å²) >= 11 is 0. The lowest BCUT2D eigenvalue weighted by atomic mass is 10.1. The zero-order chi connectivity index (χ0) is 18.0. The Bertz CT molecular complexity index is 997. The van der Waals surface area contributed by atoms with Gasteiger partial charge >= 0.3 is 0 Å². The van der Waals surface area contributed by atoms with Crippen molar-refractivity contribution in [2.75, 3.05) is 10.8 Å². The first-order valence-electron chi connectivity index (χ1n) is 8.18. The van der Waals surface area contributed by atoms with Gasteiger partial charge in [0.1, 0.15) is 5.75 Å². The van der Waals surface area contributed by atoms with Crippen molar-refractivity contribution in [3.8, 4) is 5.75 Å². The first-order valence-corrected chi connectivity index (χ1v) is 9.62. The number of phenols is 1. The Morgan fingerprint density at radius 3 is 2.32 bits per heavy atom. The first kappa shape index (κ1) is 17.3. The highest BCUT2D eigenvalue weighted by Crippen LogP contribution is 2.29. The average molecular weight is 355 g/mol. The molecule has 0 aliphatic carbocycles. The van der Waals surface area contributed by atoms with Gasteiger partial charge < -0.3 is 5.11 Å². The van der Waals surface area contributed by atoms with Crippen molar-refractivity contribution in [3.05, 3.63) is 66.7 Å². The third-order valence-corrected chi connectivity index (χ3v) is 5.75. The second kappa shape index (κ2) is 6.76. The van der Waals surface area contributed by atoms with E-state index in [0.29, 0.717) is 12.2 Å². The molecule has 0 unspecified atom stereocenters. The molecule has 5 heteroatoms. The van der Waals surface area contributed by atoms with Crippen LogP contribution in [-0.2, 0) is 10.0 Å². The Kier molecular flexibility index (Phi) is 4.68. The molecular weight excluding hydrogens is 334 g/mol. The van der Waals surface area contributed by atoms with Gasteiger partial charge in [0.2, 0.25) is 0 Å². The second-order valence-corrected chi connectivity index (χ2v) is 8.32. The van der Waals surface area contributed by atoms with Gasteiger partial charge in [-0.2, -0.15) is 0 Å². The molecule has 130 valence electrons. The second-order valence-electron chi connectivity index (χ2n) is 6.46. The first-order chi connectivity index (χ1) is 11.9. The van der Waals surface area contributed by atoms with E-state index in [4.69, 9.17) is 0 Å². The molecule has 0 aliphatic rings. The lowest BCUT2D eigenvalue weighted by Gasteiger charge is -2.26. The molecule has 0 bridgehead atoms. The Labute approximate surface area is 148 Å². The van der Waals surface area contributed by atoms with Crippen LogP contribution in [0.5, 0.6) is 5.75 Å². The Hall–Kier alpha value is -2.53. The molecule has 0 aliphatic heterocycles. The van der Waals surface area contributed by atoms with E-state index in [-0.39, 0.29) is 16.6 Å². The van der Waals surface area contributed by atoms with Gasteiger partial charge in [-0.1, -0.05) is 50.2 Å². The molecule has 0 spiro atoms. The molecule has 0 atom stereocenters. The van der Waals surface area contributed by atoms with Crippen molar-refractivity contribution in [1.82, 2.24) is 0 Å². The van der Waals surface area contributed by atoms with Crippen LogP contribution in [0.3, 0.4) is 0 Å². The van der Waals surface area contributed by atoms with E-state index in [1.165, 1.54) is 16.4 Å². The van der Waals surface area contributed by atoms with Crippen molar-refractivity contribution in [1.29, 1.82) is 0 Å². The number of sulfonamides is 1. The molecule has 0 aromatic heterocycles. The van der Waals surface area contributed by atoms with E-state index in [1.54, 1.807) is 24.3 Å². The fraction of sp³-hybridized carbons (Fsp3) is 0.200. The van der Waals surface area contributed by atoms with Crippen molar-refractivity contribution < 1.29 is 13.5 Å². The summed E-state index contributed by atoms with van der Waals surface area (Å²) in [6.45, 7) is 4.26. The number of hydrogen-bond donors (Lipinski definition) is 1. The van der Waals surface area contributed by atoms with E-state index in [2.05, 4.69) is 0 Å². The summed E-state index contributed by atoms with van der Waals surface area (Å²) < 4.78 is 27.9. The van der Waals surface area contributed by atoms with E-state index in [9.17, 15) is 13.5 Å². The van der Waals surface area contributed by atoms with Gasteiger partial charge in [-0.25, -0.2) is 8.42 Å². The van der Waals surface area contributed by atoms with Crippen LogP contribution < -0.4 is 4.31 Å². The number of hydrogen-bond acceptors (Lipinski definition) is 3. The summed E-state index contributed by atoms with van der Waals surface area (Å²) in [5.41, 5.74) is 0.460. The maximum Gasteiger partial charge on any atom is 0.264 e. The molecule has 0 radical (unpaired) electrons. The van der Waals surface area contributed by atoms with Gasteiger partial charge in [0, 0.05) is 12.6 Å². The van der Waals surface area contributed by atoms with Gasteiger partial charge in [-0.3, -0.25) is 4.31 Å². The molecule has 0 saturated carbocycles. The van der Waals surface area contributed by atoms with E-state index in [1.807, 2.05) is 44.2 Å². The highest BCUT2D eigenvalue weighted by molar-refractivity contribution is 7.92. The summed E-state index contributed by atoms with van der Waals surface area (Å²) in [7, 11) is -3.74. The smallest absolute Gasteiger partial charge is 0.264 e. The largest absolute Gasteiger partial charge is 0.508 e. The zero-order valence-electron chi connectivity index (χ0n) is 14.3. The molecule has 3 rings (SSSR count). The minimum atomic E-state index is -3.74. The Balaban J connectivity index is 2.11. The van der Waals surface area contributed by atoms with Crippen LogP contribution in [0, 0.1) is 5.92 Å². The highest BCUT2D eigenvalue weighted by Gasteiger charge is 2.26. The predicted molar refractivity (Wildman–Crippen MR) is 101 cm³/mol. The molecule has 3 aromatic rings. The number of rotatable bonds is 5. The highest BCUT2D eigenvalue weighted by atomic mass is 32.2. The SMILES string of the molecule is CC(C)CN(c1cccc(O)c1)S(=O)(=O)c1ccc2ccccc2c1. The quantitative estimate of drug-likeness (QED) is 0.738. The normalized spacial score (nSPS) is 11.8. The summed E-state index contributed by atoms with van der Waals surface area (Å²) in [6.07, 6.45) is 0. The molecule has 25 heavy (non-hydrogen) atoms. The summed E-state index contributed by atoms with van der Waals surface area (Å²) in [5, 5.41) is 11.6. The molecule has 0 heterocycles. The number of aromatic hydroxyl groups is 1. The van der Waals surface area contributed by atoms with Crippen LogP contribution in [0.1, 0.15) is 13.8 Å². The molecule has 0 fully saturated rings. The third kappa shape index (κ3) is 3.61. The monoisotopic (exact) mass is 355 g/mol. The number of nitrogens with zero attached hydrogens (tertiary/aromatic N) is 1. The number of fused-ring (bicyclic) bond motifs is 1. The standard InChI is InChI=1S/C20H21NO3S/c1-15(2)14-21(18-8-5-9-19(22)13-18)25(23,24)20-11-10-16-6-3-4-7-17(16)12-20/h3-13,15,22H,14H2,1-2H3. The summed E-state index contributed by atoms with van der Waals surface area (Å²) in [4.78, 5) is 0.246. The molecular formula is C20H21NO3S. The van der Waals surface area contributed by atoms with E-state index < -0.39 is 10.0 Å². The summed E-state index contributed by atoms with van der Waals surface area (Å²) in [6, 6.07) is 19.2. The number of phenolic OH excluding ortho intramolecular Hbond substituents is 1. The average Bonchev–Trinajstić information content (AvgIpc) is 2.59. The van der Waals surface area contributed by atoms with Crippen molar-refractivity contribution in [2.45, 2.75) is 18.7 Å². The Morgan fingerprint density at radius 1 is 0.920 bits per heavy atom. The lowest BCUT2D eigenvalue weighted by molar-refractivity contribution is 0.475.